The van der Waals surface area contributed by atoms with Gasteiger partial charge in [-0.1, -0.05) is 37.7 Å². The summed E-state index contributed by atoms with van der Waals surface area (Å²) in [5.41, 5.74) is -0.350. The molecule has 1 N–H and O–H groups in total. The van der Waals surface area contributed by atoms with Gasteiger partial charge in [-0.05, 0) is 31.0 Å². The molecule has 1 aromatic carbocycles. The van der Waals surface area contributed by atoms with Crippen LogP contribution < -0.4 is 5.32 Å². The molecule has 0 fully saturated rings. The number of benzene rings is 1. The van der Waals surface area contributed by atoms with Gasteiger partial charge in [-0.25, -0.2) is 0 Å². The number of carbonyl (C=O) groups excluding carboxylic acids is 1. The molecule has 2 heterocycles. The molecule has 160 valence electrons. The minimum Gasteiger partial charge on any atom is -0.469 e. The number of halogens is 3. The van der Waals surface area contributed by atoms with Crippen LogP contribution >= 0.6 is 11.8 Å². The fourth-order valence-corrected chi connectivity index (χ4v) is 3.64. The summed E-state index contributed by atoms with van der Waals surface area (Å²) in [5.74, 6) is 0.952. The number of para-hydroxylation sites is 1. The lowest BCUT2D eigenvalue weighted by Gasteiger charge is -2.14. The van der Waals surface area contributed by atoms with Crippen LogP contribution in [0.2, 0.25) is 0 Å². The van der Waals surface area contributed by atoms with Gasteiger partial charge in [0.05, 0.1) is 28.8 Å². The van der Waals surface area contributed by atoms with Crippen molar-refractivity contribution in [1.29, 1.82) is 0 Å². The number of alkyl halides is 3. The molecule has 0 aliphatic rings. The largest absolute Gasteiger partial charge is 0.469 e. The number of thioether (sulfide) groups is 1. The van der Waals surface area contributed by atoms with Crippen LogP contribution in [-0.4, -0.2) is 26.4 Å². The van der Waals surface area contributed by atoms with E-state index in [1.165, 1.54) is 18.2 Å². The monoisotopic (exact) mass is 438 g/mol. The van der Waals surface area contributed by atoms with Gasteiger partial charge in [0.15, 0.2) is 11.0 Å². The highest BCUT2D eigenvalue weighted by molar-refractivity contribution is 7.99. The maximum atomic E-state index is 13.1. The summed E-state index contributed by atoms with van der Waals surface area (Å²) in [6.45, 7) is 6.53. The first-order chi connectivity index (χ1) is 14.2. The molecule has 0 radical (unpaired) electrons. The number of nitrogens with zero attached hydrogens (tertiary/aromatic N) is 3. The van der Waals surface area contributed by atoms with E-state index in [1.54, 1.807) is 12.3 Å². The average molecular weight is 438 g/mol. The zero-order chi connectivity index (χ0) is 21.9. The number of anilines is 1. The highest BCUT2D eigenvalue weighted by Gasteiger charge is 2.33. The Balaban J connectivity index is 1.76. The second-order valence-corrected chi connectivity index (χ2v) is 8.02. The standard InChI is InChI=1S/C20H21F3N4O2S/c1-12(2)10-27-18(14-8-9-29-13(14)3)25-26-19(27)30-11-17(28)24-16-7-5-4-6-15(16)20(21,22)23/h4-9,12H,10-11H2,1-3H3,(H,24,28). The van der Waals surface area contributed by atoms with E-state index in [1.807, 2.05) is 25.3 Å². The van der Waals surface area contributed by atoms with Crippen molar-refractivity contribution in [2.24, 2.45) is 5.92 Å². The van der Waals surface area contributed by atoms with Gasteiger partial charge in [0, 0.05) is 6.54 Å². The van der Waals surface area contributed by atoms with Crippen molar-refractivity contribution in [2.75, 3.05) is 11.1 Å². The van der Waals surface area contributed by atoms with Gasteiger partial charge < -0.3 is 14.3 Å². The summed E-state index contributed by atoms with van der Waals surface area (Å²) in [6, 6.07) is 6.68. The molecule has 0 saturated carbocycles. The van der Waals surface area contributed by atoms with Gasteiger partial charge in [0.1, 0.15) is 5.76 Å². The number of hydrogen-bond acceptors (Lipinski definition) is 5. The molecule has 0 unspecified atom stereocenters. The number of aryl methyl sites for hydroxylation is 1. The summed E-state index contributed by atoms with van der Waals surface area (Å²) < 4.78 is 46.6. The third-order valence-corrected chi connectivity index (χ3v) is 5.17. The van der Waals surface area contributed by atoms with E-state index in [0.717, 1.165) is 23.4 Å². The van der Waals surface area contributed by atoms with E-state index in [9.17, 15) is 18.0 Å². The Morgan fingerprint density at radius 2 is 1.97 bits per heavy atom. The fourth-order valence-electron chi connectivity index (χ4n) is 2.90. The number of amides is 1. The van der Waals surface area contributed by atoms with E-state index < -0.39 is 17.6 Å². The Hall–Kier alpha value is -2.75. The maximum Gasteiger partial charge on any atom is 0.418 e. The first-order valence-electron chi connectivity index (χ1n) is 9.23. The van der Waals surface area contributed by atoms with Crippen molar-refractivity contribution >= 4 is 23.4 Å². The molecule has 0 bridgehead atoms. The van der Waals surface area contributed by atoms with Gasteiger partial charge in [0.2, 0.25) is 5.91 Å². The second-order valence-electron chi connectivity index (χ2n) is 7.08. The van der Waals surface area contributed by atoms with Crippen LogP contribution in [-0.2, 0) is 17.5 Å². The van der Waals surface area contributed by atoms with Crippen molar-refractivity contribution in [3.05, 3.63) is 47.9 Å². The lowest BCUT2D eigenvalue weighted by atomic mass is 10.1. The van der Waals surface area contributed by atoms with E-state index in [-0.39, 0.29) is 11.4 Å². The Kier molecular flexibility index (Phi) is 6.55. The van der Waals surface area contributed by atoms with Gasteiger partial charge in [-0.3, -0.25) is 4.79 Å². The topological polar surface area (TPSA) is 72.9 Å². The number of rotatable bonds is 7. The van der Waals surface area contributed by atoms with E-state index in [2.05, 4.69) is 15.5 Å². The summed E-state index contributed by atoms with van der Waals surface area (Å²) in [5, 5.41) is 11.3. The molecule has 0 saturated heterocycles. The minimum absolute atomic E-state index is 0.104. The van der Waals surface area contributed by atoms with E-state index in [4.69, 9.17) is 4.42 Å². The third kappa shape index (κ3) is 5.05. The predicted molar refractivity (Wildman–Crippen MR) is 108 cm³/mol. The molecule has 0 aliphatic carbocycles. The molecule has 0 aliphatic heterocycles. The molecular formula is C20H21F3N4O2S. The summed E-state index contributed by atoms with van der Waals surface area (Å²) in [7, 11) is 0. The smallest absolute Gasteiger partial charge is 0.418 e. The zero-order valence-electron chi connectivity index (χ0n) is 16.7. The lowest BCUT2D eigenvalue weighted by Crippen LogP contribution is -2.18. The van der Waals surface area contributed by atoms with Crippen LogP contribution in [0, 0.1) is 12.8 Å². The van der Waals surface area contributed by atoms with Crippen LogP contribution in [0.1, 0.15) is 25.2 Å². The summed E-state index contributed by atoms with van der Waals surface area (Å²) >= 11 is 1.12. The highest BCUT2D eigenvalue weighted by Crippen LogP contribution is 2.35. The summed E-state index contributed by atoms with van der Waals surface area (Å²) in [4.78, 5) is 12.3. The first kappa shape index (κ1) is 21.9. The van der Waals surface area contributed by atoms with Gasteiger partial charge in [-0.15, -0.1) is 10.2 Å². The number of carbonyl (C=O) groups is 1. The molecule has 3 aromatic rings. The third-order valence-electron chi connectivity index (χ3n) is 4.20. The predicted octanol–water partition coefficient (Wildman–Crippen LogP) is 5.25. The molecule has 2 aromatic heterocycles. The molecular weight excluding hydrogens is 417 g/mol. The zero-order valence-corrected chi connectivity index (χ0v) is 17.5. The quantitative estimate of drug-likeness (QED) is 0.510. The van der Waals surface area contributed by atoms with Gasteiger partial charge >= 0.3 is 6.18 Å². The van der Waals surface area contributed by atoms with Crippen LogP contribution in [0.15, 0.2) is 46.2 Å². The summed E-state index contributed by atoms with van der Waals surface area (Å²) in [6.07, 6.45) is -2.98. The lowest BCUT2D eigenvalue weighted by molar-refractivity contribution is -0.137. The Labute approximate surface area is 175 Å². The SMILES string of the molecule is Cc1occc1-c1nnc(SCC(=O)Nc2ccccc2C(F)(F)F)n1CC(C)C. The molecule has 1 amide bonds. The number of nitrogens with one attached hydrogen (secondary N) is 1. The van der Waals surface area contributed by atoms with Crippen molar-refractivity contribution in [3.63, 3.8) is 0 Å². The first-order valence-corrected chi connectivity index (χ1v) is 10.2. The Morgan fingerprint density at radius 3 is 2.60 bits per heavy atom. The Morgan fingerprint density at radius 1 is 1.23 bits per heavy atom. The number of hydrogen-bond donors (Lipinski definition) is 1. The molecule has 3 rings (SSSR count). The van der Waals surface area contributed by atoms with Gasteiger partial charge in [-0.2, -0.15) is 13.2 Å². The molecule has 0 spiro atoms. The van der Waals surface area contributed by atoms with Crippen LogP contribution in [0.5, 0.6) is 0 Å². The number of aromatic nitrogens is 3. The highest BCUT2D eigenvalue weighted by atomic mass is 32.2. The van der Waals surface area contributed by atoms with Crippen molar-refractivity contribution in [2.45, 2.75) is 38.6 Å². The normalized spacial score (nSPS) is 11.8. The van der Waals surface area contributed by atoms with Crippen LogP contribution in [0.4, 0.5) is 18.9 Å². The van der Waals surface area contributed by atoms with Crippen molar-refractivity contribution < 1.29 is 22.4 Å². The van der Waals surface area contributed by atoms with E-state index >= 15 is 0 Å². The van der Waals surface area contributed by atoms with Gasteiger partial charge in [0.25, 0.3) is 0 Å². The minimum atomic E-state index is -4.55. The molecule has 6 nitrogen and oxygen atoms in total. The fraction of sp³-hybridized carbons (Fsp3) is 0.350. The molecule has 10 heteroatoms. The van der Waals surface area contributed by atoms with E-state index in [0.29, 0.717) is 29.2 Å². The van der Waals surface area contributed by atoms with Crippen LogP contribution in [0.3, 0.4) is 0 Å². The number of furan rings is 1. The molecule has 30 heavy (non-hydrogen) atoms. The van der Waals surface area contributed by atoms with Crippen LogP contribution in [0.25, 0.3) is 11.4 Å². The van der Waals surface area contributed by atoms with Crippen molar-refractivity contribution in [3.8, 4) is 11.4 Å². The second kappa shape index (κ2) is 8.95. The Bertz CT molecular complexity index is 1030. The average Bonchev–Trinajstić information content (AvgIpc) is 3.25. The maximum absolute atomic E-state index is 13.1. The van der Waals surface area contributed by atoms with Crippen molar-refractivity contribution in [1.82, 2.24) is 14.8 Å². The molecule has 0 atom stereocenters.